The number of halogens is 1. The molecule has 0 fully saturated rings. The summed E-state index contributed by atoms with van der Waals surface area (Å²) in [6.45, 7) is 1.89. The molecule has 0 aliphatic carbocycles. The van der Waals surface area contributed by atoms with Crippen LogP contribution in [0.4, 0.5) is 21.7 Å². The summed E-state index contributed by atoms with van der Waals surface area (Å²) in [7, 11) is 0. The summed E-state index contributed by atoms with van der Waals surface area (Å²) in [4.78, 5) is 8.31. The third-order valence-electron chi connectivity index (χ3n) is 2.37. The molecule has 1 heterocycles. The summed E-state index contributed by atoms with van der Waals surface area (Å²) >= 11 is 1.40. The van der Waals surface area contributed by atoms with Crippen LogP contribution in [0.25, 0.3) is 0 Å². The molecule has 0 unspecified atom stereocenters. The number of hydrogen-bond acceptors (Lipinski definition) is 5. The van der Waals surface area contributed by atoms with Gasteiger partial charge in [0.15, 0.2) is 5.16 Å². The average Bonchev–Trinajstić information content (AvgIpc) is 2.33. The second kappa shape index (κ2) is 5.22. The van der Waals surface area contributed by atoms with E-state index in [1.54, 1.807) is 12.1 Å². The topological polar surface area (TPSA) is 63.8 Å². The highest BCUT2D eigenvalue weighted by atomic mass is 32.2. The fourth-order valence-electron chi connectivity index (χ4n) is 1.47. The van der Waals surface area contributed by atoms with Crippen LogP contribution >= 0.6 is 11.8 Å². The van der Waals surface area contributed by atoms with Crippen molar-refractivity contribution in [2.75, 3.05) is 17.3 Å². The zero-order valence-electron chi connectivity index (χ0n) is 10.1. The molecular formula is C12H13FN4S. The molecule has 0 aliphatic rings. The highest BCUT2D eigenvalue weighted by Crippen LogP contribution is 2.22. The van der Waals surface area contributed by atoms with Crippen molar-refractivity contribution in [2.45, 2.75) is 12.1 Å². The van der Waals surface area contributed by atoms with E-state index in [9.17, 15) is 4.39 Å². The van der Waals surface area contributed by atoms with Crippen LogP contribution in [-0.2, 0) is 0 Å². The maximum absolute atomic E-state index is 13.2. The van der Waals surface area contributed by atoms with Crippen LogP contribution in [-0.4, -0.2) is 16.2 Å². The number of nitrogens with zero attached hydrogens (tertiary/aromatic N) is 2. The standard InChI is InChI=1S/C12H13FN4S/c1-7-3-4-8(13)5-9(7)15-11-6-10(14)16-12(17-11)18-2/h3-6H,1-2H3,(H3,14,15,16,17). The lowest BCUT2D eigenvalue weighted by Crippen LogP contribution is -2.01. The Morgan fingerprint density at radius 1 is 1.28 bits per heavy atom. The molecule has 0 saturated heterocycles. The molecule has 4 nitrogen and oxygen atoms in total. The molecule has 0 spiro atoms. The fraction of sp³-hybridized carbons (Fsp3) is 0.167. The molecule has 0 aliphatic heterocycles. The Kier molecular flexibility index (Phi) is 3.66. The zero-order chi connectivity index (χ0) is 13.1. The van der Waals surface area contributed by atoms with E-state index in [4.69, 9.17) is 5.73 Å². The van der Waals surface area contributed by atoms with Gasteiger partial charge in [-0.2, -0.15) is 0 Å². The number of nitrogens with two attached hydrogens (primary N) is 1. The largest absolute Gasteiger partial charge is 0.383 e. The lowest BCUT2D eigenvalue weighted by molar-refractivity contribution is 0.628. The van der Waals surface area contributed by atoms with Crippen molar-refractivity contribution in [3.05, 3.63) is 35.6 Å². The van der Waals surface area contributed by atoms with E-state index in [2.05, 4.69) is 15.3 Å². The van der Waals surface area contributed by atoms with E-state index in [1.807, 2.05) is 13.2 Å². The Hall–Kier alpha value is -1.82. The van der Waals surface area contributed by atoms with Crippen LogP contribution in [0.2, 0.25) is 0 Å². The number of aromatic nitrogens is 2. The van der Waals surface area contributed by atoms with Gasteiger partial charge in [-0.25, -0.2) is 14.4 Å². The maximum atomic E-state index is 13.2. The van der Waals surface area contributed by atoms with Crippen LogP contribution < -0.4 is 11.1 Å². The first kappa shape index (κ1) is 12.6. The number of hydrogen-bond donors (Lipinski definition) is 2. The number of anilines is 3. The smallest absolute Gasteiger partial charge is 0.191 e. The summed E-state index contributed by atoms with van der Waals surface area (Å²) < 4.78 is 13.2. The zero-order valence-corrected chi connectivity index (χ0v) is 10.9. The Labute approximate surface area is 109 Å². The van der Waals surface area contributed by atoms with Crippen LogP contribution in [0.5, 0.6) is 0 Å². The predicted molar refractivity (Wildman–Crippen MR) is 72.6 cm³/mol. The van der Waals surface area contributed by atoms with Gasteiger partial charge in [0, 0.05) is 11.8 Å². The van der Waals surface area contributed by atoms with E-state index in [0.29, 0.717) is 22.5 Å². The van der Waals surface area contributed by atoms with Gasteiger partial charge in [-0.05, 0) is 30.9 Å². The Morgan fingerprint density at radius 3 is 2.78 bits per heavy atom. The maximum Gasteiger partial charge on any atom is 0.191 e. The van der Waals surface area contributed by atoms with Crippen LogP contribution in [0, 0.1) is 12.7 Å². The Bertz CT molecular complexity index is 574. The van der Waals surface area contributed by atoms with Crippen molar-refractivity contribution in [1.82, 2.24) is 9.97 Å². The highest BCUT2D eigenvalue weighted by molar-refractivity contribution is 7.98. The Balaban J connectivity index is 2.33. The molecule has 0 radical (unpaired) electrons. The van der Waals surface area contributed by atoms with Crippen molar-refractivity contribution in [3.8, 4) is 0 Å². The molecule has 18 heavy (non-hydrogen) atoms. The summed E-state index contributed by atoms with van der Waals surface area (Å²) in [5.41, 5.74) is 7.27. The number of benzene rings is 1. The van der Waals surface area contributed by atoms with Gasteiger partial charge in [0.1, 0.15) is 17.5 Å². The average molecular weight is 264 g/mol. The van der Waals surface area contributed by atoms with Crippen molar-refractivity contribution >= 4 is 29.1 Å². The molecule has 0 saturated carbocycles. The van der Waals surface area contributed by atoms with E-state index < -0.39 is 0 Å². The summed E-state index contributed by atoms with van der Waals surface area (Å²) in [6.07, 6.45) is 1.87. The molecule has 3 N–H and O–H groups in total. The molecule has 6 heteroatoms. The Morgan fingerprint density at radius 2 is 2.06 bits per heavy atom. The lowest BCUT2D eigenvalue weighted by Gasteiger charge is -2.10. The SMILES string of the molecule is CSc1nc(N)cc(Nc2cc(F)ccc2C)n1. The van der Waals surface area contributed by atoms with Crippen molar-refractivity contribution in [1.29, 1.82) is 0 Å². The molecule has 2 rings (SSSR count). The molecule has 0 amide bonds. The number of nitrogens with one attached hydrogen (secondary N) is 1. The molecule has 94 valence electrons. The summed E-state index contributed by atoms with van der Waals surface area (Å²) in [5.74, 6) is 0.640. The van der Waals surface area contributed by atoms with Gasteiger partial charge < -0.3 is 11.1 Å². The van der Waals surface area contributed by atoms with Crippen LogP contribution in [0.15, 0.2) is 29.4 Å². The van der Waals surface area contributed by atoms with Gasteiger partial charge in [0.2, 0.25) is 0 Å². The van der Waals surface area contributed by atoms with Crippen molar-refractivity contribution in [2.24, 2.45) is 0 Å². The lowest BCUT2D eigenvalue weighted by atomic mass is 10.2. The second-order valence-corrected chi connectivity index (χ2v) is 4.52. The third-order valence-corrected chi connectivity index (χ3v) is 2.92. The minimum atomic E-state index is -0.296. The number of nitrogen functional groups attached to an aromatic ring is 1. The molecule has 1 aromatic heterocycles. The second-order valence-electron chi connectivity index (χ2n) is 3.75. The van der Waals surface area contributed by atoms with Gasteiger partial charge in [0.25, 0.3) is 0 Å². The fourth-order valence-corrected chi connectivity index (χ4v) is 1.85. The molecular weight excluding hydrogens is 251 g/mol. The number of rotatable bonds is 3. The van der Waals surface area contributed by atoms with Crippen LogP contribution in [0.3, 0.4) is 0 Å². The molecule has 1 aromatic carbocycles. The summed E-state index contributed by atoms with van der Waals surface area (Å²) in [6, 6.07) is 6.16. The van der Waals surface area contributed by atoms with E-state index in [1.165, 1.54) is 23.9 Å². The first-order chi connectivity index (χ1) is 8.58. The third kappa shape index (κ3) is 2.89. The van der Waals surface area contributed by atoms with Crippen molar-refractivity contribution < 1.29 is 4.39 Å². The summed E-state index contributed by atoms with van der Waals surface area (Å²) in [5, 5.41) is 3.62. The first-order valence-corrected chi connectivity index (χ1v) is 6.52. The van der Waals surface area contributed by atoms with E-state index in [-0.39, 0.29) is 5.82 Å². The van der Waals surface area contributed by atoms with Gasteiger partial charge >= 0.3 is 0 Å². The normalized spacial score (nSPS) is 10.4. The minimum Gasteiger partial charge on any atom is -0.383 e. The van der Waals surface area contributed by atoms with Gasteiger partial charge in [-0.15, -0.1) is 0 Å². The number of aryl methyl sites for hydroxylation is 1. The minimum absolute atomic E-state index is 0.296. The monoisotopic (exact) mass is 264 g/mol. The molecule has 2 aromatic rings. The quantitative estimate of drug-likeness (QED) is 0.659. The van der Waals surface area contributed by atoms with Crippen molar-refractivity contribution in [3.63, 3.8) is 0 Å². The first-order valence-electron chi connectivity index (χ1n) is 5.30. The highest BCUT2D eigenvalue weighted by Gasteiger charge is 2.05. The van der Waals surface area contributed by atoms with Gasteiger partial charge in [0.05, 0.1) is 0 Å². The number of thioether (sulfide) groups is 1. The molecule has 0 atom stereocenters. The van der Waals surface area contributed by atoms with Gasteiger partial charge in [-0.1, -0.05) is 17.8 Å². The van der Waals surface area contributed by atoms with E-state index in [0.717, 1.165) is 5.56 Å². The van der Waals surface area contributed by atoms with Gasteiger partial charge in [-0.3, -0.25) is 0 Å². The van der Waals surface area contributed by atoms with Crippen LogP contribution in [0.1, 0.15) is 5.56 Å². The van der Waals surface area contributed by atoms with E-state index >= 15 is 0 Å². The molecule has 0 bridgehead atoms. The predicted octanol–water partition coefficient (Wildman–Crippen LogP) is 2.97.